The van der Waals surface area contributed by atoms with Crippen LogP contribution in [0.5, 0.6) is 0 Å². The minimum atomic E-state index is -2.01. The summed E-state index contributed by atoms with van der Waals surface area (Å²) in [5, 5.41) is 2.85. The van der Waals surface area contributed by atoms with Gasteiger partial charge in [0.15, 0.2) is 14.1 Å². The highest BCUT2D eigenvalue weighted by molar-refractivity contribution is 6.74. The third kappa shape index (κ3) is 6.10. The van der Waals surface area contributed by atoms with Crippen LogP contribution in [-0.4, -0.2) is 37.9 Å². The standard InChI is InChI=1S/C17H31NO4Si/c1-16(2,3)21-15(20)18-13-11-12(19)9-10-14(13)22-23(7,8)17(4,5)6/h9-10,13-14H,11H2,1-8H3,(H,18,20)/t13-,14+/m0/s1. The van der Waals surface area contributed by atoms with E-state index in [9.17, 15) is 9.59 Å². The molecule has 1 N–H and O–H groups in total. The average Bonchev–Trinajstić information content (AvgIpc) is 2.28. The number of hydrogen-bond acceptors (Lipinski definition) is 4. The quantitative estimate of drug-likeness (QED) is 0.793. The van der Waals surface area contributed by atoms with Gasteiger partial charge in [-0.05, 0) is 45.0 Å². The zero-order chi connectivity index (χ0) is 18.1. The van der Waals surface area contributed by atoms with Gasteiger partial charge in [0, 0.05) is 6.42 Å². The fourth-order valence-corrected chi connectivity index (χ4v) is 3.24. The number of carbonyl (C=O) groups is 2. The summed E-state index contributed by atoms with van der Waals surface area (Å²) in [5.74, 6) is -0.0128. The van der Waals surface area contributed by atoms with Gasteiger partial charge < -0.3 is 14.5 Å². The van der Waals surface area contributed by atoms with Gasteiger partial charge in [0.1, 0.15) is 5.60 Å². The molecule has 0 fully saturated rings. The fourth-order valence-electron chi connectivity index (χ4n) is 1.97. The molecule has 0 heterocycles. The topological polar surface area (TPSA) is 64.6 Å². The van der Waals surface area contributed by atoms with E-state index in [2.05, 4.69) is 39.2 Å². The van der Waals surface area contributed by atoms with Gasteiger partial charge in [0.05, 0.1) is 12.1 Å². The molecule has 2 atom stereocenters. The van der Waals surface area contributed by atoms with E-state index in [1.54, 1.807) is 12.2 Å². The summed E-state index contributed by atoms with van der Waals surface area (Å²) >= 11 is 0. The summed E-state index contributed by atoms with van der Waals surface area (Å²) in [6.45, 7) is 16.2. The summed E-state index contributed by atoms with van der Waals surface area (Å²) < 4.78 is 11.7. The number of ether oxygens (including phenoxy) is 1. The van der Waals surface area contributed by atoms with Crippen molar-refractivity contribution in [2.45, 2.75) is 83.8 Å². The lowest BCUT2D eigenvalue weighted by Crippen LogP contribution is -2.53. The Labute approximate surface area is 140 Å². The molecule has 1 rings (SSSR count). The van der Waals surface area contributed by atoms with Crippen molar-refractivity contribution in [3.8, 4) is 0 Å². The van der Waals surface area contributed by atoms with Crippen LogP contribution in [0.4, 0.5) is 4.79 Å². The summed E-state index contributed by atoms with van der Waals surface area (Å²) in [6, 6.07) is -0.392. The molecule has 23 heavy (non-hydrogen) atoms. The van der Waals surface area contributed by atoms with Gasteiger partial charge in [-0.15, -0.1) is 0 Å². The van der Waals surface area contributed by atoms with Crippen molar-refractivity contribution < 1.29 is 18.8 Å². The van der Waals surface area contributed by atoms with Crippen LogP contribution in [0.25, 0.3) is 0 Å². The van der Waals surface area contributed by atoms with E-state index < -0.39 is 26.1 Å². The maximum Gasteiger partial charge on any atom is 0.407 e. The zero-order valence-corrected chi connectivity index (χ0v) is 16.6. The number of amides is 1. The second-order valence-electron chi connectivity index (χ2n) is 8.63. The summed E-state index contributed by atoms with van der Waals surface area (Å²) in [7, 11) is -2.01. The number of alkyl carbamates (subject to hydrolysis) is 1. The van der Waals surface area contributed by atoms with E-state index in [-0.39, 0.29) is 23.3 Å². The minimum Gasteiger partial charge on any atom is -0.444 e. The first kappa shape index (κ1) is 19.9. The van der Waals surface area contributed by atoms with Crippen molar-refractivity contribution >= 4 is 20.2 Å². The van der Waals surface area contributed by atoms with Crippen molar-refractivity contribution in [2.75, 3.05) is 0 Å². The Balaban J connectivity index is 2.85. The number of allylic oxidation sites excluding steroid dienone is 1. The van der Waals surface area contributed by atoms with E-state index >= 15 is 0 Å². The lowest BCUT2D eigenvalue weighted by atomic mass is 9.98. The molecule has 132 valence electrons. The van der Waals surface area contributed by atoms with Gasteiger partial charge in [0.2, 0.25) is 0 Å². The molecule has 0 saturated carbocycles. The zero-order valence-electron chi connectivity index (χ0n) is 15.6. The SMILES string of the molecule is CC(C)(C)OC(=O)N[C@H]1CC(=O)C=C[C@H]1O[Si](C)(C)C(C)(C)C. The molecule has 5 nitrogen and oxygen atoms in total. The van der Waals surface area contributed by atoms with Crippen molar-refractivity contribution in [3.05, 3.63) is 12.2 Å². The van der Waals surface area contributed by atoms with Gasteiger partial charge in [-0.25, -0.2) is 4.79 Å². The Bertz CT molecular complexity index is 486. The van der Waals surface area contributed by atoms with E-state index in [4.69, 9.17) is 9.16 Å². The van der Waals surface area contributed by atoms with Gasteiger partial charge in [0.25, 0.3) is 0 Å². The van der Waals surface area contributed by atoms with Crippen LogP contribution in [-0.2, 0) is 14.0 Å². The van der Waals surface area contributed by atoms with E-state index in [1.807, 2.05) is 20.8 Å². The largest absolute Gasteiger partial charge is 0.444 e. The lowest BCUT2D eigenvalue weighted by Gasteiger charge is -2.41. The van der Waals surface area contributed by atoms with E-state index in [0.717, 1.165) is 0 Å². The average molecular weight is 342 g/mol. The highest BCUT2D eigenvalue weighted by atomic mass is 28.4. The van der Waals surface area contributed by atoms with Crippen molar-refractivity contribution in [3.63, 3.8) is 0 Å². The number of nitrogens with one attached hydrogen (secondary N) is 1. The van der Waals surface area contributed by atoms with E-state index in [1.165, 1.54) is 0 Å². The van der Waals surface area contributed by atoms with Crippen LogP contribution in [0.15, 0.2) is 12.2 Å². The van der Waals surface area contributed by atoms with E-state index in [0.29, 0.717) is 0 Å². The number of ketones is 1. The molecule has 0 bridgehead atoms. The van der Waals surface area contributed by atoms with Gasteiger partial charge in [-0.2, -0.15) is 0 Å². The first-order valence-corrected chi connectivity index (χ1v) is 11.0. The summed E-state index contributed by atoms with van der Waals surface area (Å²) in [5.41, 5.74) is -0.575. The van der Waals surface area contributed by atoms with Crippen LogP contribution < -0.4 is 5.32 Å². The maximum absolute atomic E-state index is 12.0. The molecule has 6 heteroatoms. The molecule has 0 aromatic rings. The van der Waals surface area contributed by atoms with Crippen LogP contribution in [0.3, 0.4) is 0 Å². The molecule has 1 amide bonds. The first-order chi connectivity index (χ1) is 10.2. The smallest absolute Gasteiger partial charge is 0.407 e. The third-order valence-electron chi connectivity index (χ3n) is 4.23. The Kier molecular flexibility index (Phi) is 5.86. The molecule has 0 spiro atoms. The van der Waals surface area contributed by atoms with Gasteiger partial charge in [-0.1, -0.05) is 26.8 Å². The molecular formula is C17H31NO4Si. The molecule has 1 aliphatic carbocycles. The Morgan fingerprint density at radius 2 is 1.78 bits per heavy atom. The predicted octanol–water partition coefficient (Wildman–Crippen LogP) is 3.80. The number of carbonyl (C=O) groups excluding carboxylic acids is 2. The predicted molar refractivity (Wildman–Crippen MR) is 94.0 cm³/mol. The maximum atomic E-state index is 12.0. The minimum absolute atomic E-state index is 0.0128. The summed E-state index contributed by atoms with van der Waals surface area (Å²) in [4.78, 5) is 23.8. The molecule has 0 unspecified atom stereocenters. The molecule has 1 aliphatic rings. The Morgan fingerprint density at radius 3 is 2.26 bits per heavy atom. The monoisotopic (exact) mass is 341 g/mol. The molecule has 0 aromatic carbocycles. The molecular weight excluding hydrogens is 310 g/mol. The van der Waals surface area contributed by atoms with Gasteiger partial charge >= 0.3 is 6.09 Å². The Morgan fingerprint density at radius 1 is 1.22 bits per heavy atom. The van der Waals surface area contributed by atoms with Gasteiger partial charge in [-0.3, -0.25) is 4.79 Å². The number of hydrogen-bond donors (Lipinski definition) is 1. The second kappa shape index (κ2) is 6.77. The first-order valence-electron chi connectivity index (χ1n) is 8.10. The van der Waals surface area contributed by atoms with Crippen molar-refractivity contribution in [1.82, 2.24) is 5.32 Å². The highest BCUT2D eigenvalue weighted by Crippen LogP contribution is 2.38. The Hall–Kier alpha value is -1.14. The normalized spacial score (nSPS) is 22.9. The lowest BCUT2D eigenvalue weighted by molar-refractivity contribution is -0.116. The van der Waals surface area contributed by atoms with Crippen LogP contribution >= 0.6 is 0 Å². The third-order valence-corrected chi connectivity index (χ3v) is 8.70. The van der Waals surface area contributed by atoms with Crippen LogP contribution in [0.1, 0.15) is 48.0 Å². The van der Waals surface area contributed by atoms with Crippen molar-refractivity contribution in [1.29, 1.82) is 0 Å². The molecule has 0 saturated heterocycles. The molecule has 0 aromatic heterocycles. The van der Waals surface area contributed by atoms with Crippen LogP contribution in [0, 0.1) is 0 Å². The summed E-state index contributed by atoms with van der Waals surface area (Å²) in [6.07, 6.45) is 2.71. The highest BCUT2D eigenvalue weighted by Gasteiger charge is 2.41. The fraction of sp³-hybridized carbons (Fsp3) is 0.765. The molecule has 0 aliphatic heterocycles. The molecule has 0 radical (unpaired) electrons. The van der Waals surface area contributed by atoms with Crippen LogP contribution in [0.2, 0.25) is 18.1 Å². The van der Waals surface area contributed by atoms with Crippen molar-refractivity contribution in [2.24, 2.45) is 0 Å². The number of rotatable bonds is 3. The second-order valence-corrected chi connectivity index (χ2v) is 13.4.